The predicted octanol–water partition coefficient (Wildman–Crippen LogP) is 10.9. The van der Waals surface area contributed by atoms with Gasteiger partial charge in [0.25, 0.3) is 0 Å². The van der Waals surface area contributed by atoms with Crippen molar-refractivity contribution in [2.75, 3.05) is 0 Å². The van der Waals surface area contributed by atoms with Gasteiger partial charge in [0.15, 0.2) is 6.20 Å². The summed E-state index contributed by atoms with van der Waals surface area (Å²) in [4.78, 5) is 0. The summed E-state index contributed by atoms with van der Waals surface area (Å²) in [7, 11) is 2.18. The minimum Gasteiger partial charge on any atom is -0.455 e. The van der Waals surface area contributed by atoms with Gasteiger partial charge in [-0.2, -0.15) is 0 Å². The molecule has 2 nitrogen and oxygen atoms in total. The second kappa shape index (κ2) is 9.67. The number of fused-ring (bicyclic) bond motifs is 5. The molecule has 0 N–H and O–H groups in total. The van der Waals surface area contributed by atoms with Gasteiger partial charge in [0, 0.05) is 17.0 Å². The van der Waals surface area contributed by atoms with Crippen molar-refractivity contribution in [3.8, 4) is 33.9 Å². The zero-order chi connectivity index (χ0) is 30.3. The lowest BCUT2D eigenvalue weighted by atomic mass is 9.80. The molecule has 2 heteroatoms. The summed E-state index contributed by atoms with van der Waals surface area (Å²) in [5.74, 6) is 1.98. The maximum Gasteiger partial charge on any atom is 0.228 e. The molecular formula is C41H42NO+. The maximum atomic E-state index is 7.09. The molecular weight excluding hydrogens is 522 g/mol. The summed E-state index contributed by atoms with van der Waals surface area (Å²) in [5, 5.41) is 7.56. The SMILES string of the molecule is Cc1c2c(c(CC(C)(C)C)c3ccc(CC(C)(C)C)cc13)Oc1cc3ccc(-c4ccccc4)cc3c3cc[n+](C)c-2c13. The monoisotopic (exact) mass is 564 g/mol. The lowest BCUT2D eigenvalue weighted by Gasteiger charge is -2.28. The van der Waals surface area contributed by atoms with Crippen LogP contribution >= 0.6 is 0 Å². The van der Waals surface area contributed by atoms with Crippen LogP contribution in [0.1, 0.15) is 58.2 Å². The van der Waals surface area contributed by atoms with Crippen LogP contribution < -0.4 is 9.30 Å². The fraction of sp³-hybridized carbons (Fsp3) is 0.293. The van der Waals surface area contributed by atoms with Gasteiger partial charge in [-0.25, -0.2) is 4.57 Å². The molecule has 7 rings (SSSR count). The Labute approximate surface area is 256 Å². The van der Waals surface area contributed by atoms with Crippen molar-refractivity contribution in [1.29, 1.82) is 0 Å². The number of pyridine rings is 1. The van der Waals surface area contributed by atoms with Gasteiger partial charge in [0.05, 0.1) is 10.9 Å². The number of nitrogens with zero attached hydrogens (tertiary/aromatic N) is 1. The highest BCUT2D eigenvalue weighted by Gasteiger charge is 2.34. The Kier molecular flexibility index (Phi) is 6.22. The van der Waals surface area contributed by atoms with Gasteiger partial charge in [-0.3, -0.25) is 0 Å². The first-order valence-corrected chi connectivity index (χ1v) is 15.6. The minimum atomic E-state index is 0.106. The molecule has 1 aliphatic heterocycles. The lowest BCUT2D eigenvalue weighted by molar-refractivity contribution is -0.659. The van der Waals surface area contributed by atoms with Crippen LogP contribution in [0.5, 0.6) is 11.5 Å². The molecule has 0 atom stereocenters. The zero-order valence-corrected chi connectivity index (χ0v) is 26.9. The van der Waals surface area contributed by atoms with Gasteiger partial charge >= 0.3 is 0 Å². The first-order valence-electron chi connectivity index (χ1n) is 15.6. The molecule has 6 aromatic rings. The second-order valence-electron chi connectivity index (χ2n) is 15.0. The van der Waals surface area contributed by atoms with E-state index in [2.05, 4.69) is 145 Å². The molecule has 216 valence electrons. The summed E-state index contributed by atoms with van der Waals surface area (Å²) in [5.41, 5.74) is 9.28. The molecule has 0 aliphatic carbocycles. The molecule has 1 aliphatic rings. The van der Waals surface area contributed by atoms with Gasteiger partial charge in [-0.1, -0.05) is 102 Å². The molecule has 0 saturated carbocycles. The standard InChI is InChI=1S/C41H42NO/c1-25-32-20-26(23-40(2,3)4)14-17-30(32)34(24-41(5,6)7)39-36(25)38-37-31(18-19-42(38)8)33-21-28(27-12-10-9-11-13-27)15-16-29(33)22-35(37)43-39/h9-22H,23-24H2,1-8H3/q+1. The largest absolute Gasteiger partial charge is 0.455 e. The van der Waals surface area contributed by atoms with E-state index in [9.17, 15) is 0 Å². The fourth-order valence-corrected chi connectivity index (χ4v) is 7.12. The minimum absolute atomic E-state index is 0.106. The van der Waals surface area contributed by atoms with Crippen LogP contribution in [-0.4, -0.2) is 0 Å². The van der Waals surface area contributed by atoms with E-state index in [1.165, 1.54) is 71.4 Å². The highest BCUT2D eigenvalue weighted by Crippen LogP contribution is 2.53. The van der Waals surface area contributed by atoms with Crippen molar-refractivity contribution < 1.29 is 9.30 Å². The summed E-state index contributed by atoms with van der Waals surface area (Å²) in [6.45, 7) is 16.2. The Bertz CT molecular complexity index is 2070. The number of hydrogen-bond donors (Lipinski definition) is 0. The third-order valence-electron chi connectivity index (χ3n) is 8.89. The summed E-state index contributed by atoms with van der Waals surface area (Å²) in [6.07, 6.45) is 4.22. The van der Waals surface area contributed by atoms with E-state index >= 15 is 0 Å². The number of aromatic nitrogens is 1. The molecule has 5 aromatic carbocycles. The first kappa shape index (κ1) is 27.7. The Morgan fingerprint density at radius 3 is 2.14 bits per heavy atom. The Balaban J connectivity index is 1.56. The molecule has 0 amide bonds. The predicted molar refractivity (Wildman–Crippen MR) is 182 cm³/mol. The highest BCUT2D eigenvalue weighted by molar-refractivity contribution is 6.17. The van der Waals surface area contributed by atoms with E-state index in [1.54, 1.807) is 0 Å². The van der Waals surface area contributed by atoms with Gasteiger partial charge < -0.3 is 4.74 Å². The number of ether oxygens (including phenoxy) is 1. The van der Waals surface area contributed by atoms with E-state index in [-0.39, 0.29) is 10.8 Å². The quantitative estimate of drug-likeness (QED) is 0.154. The Hall–Kier alpha value is -4.17. The molecule has 0 unspecified atom stereocenters. The molecule has 2 heterocycles. The van der Waals surface area contributed by atoms with Crippen molar-refractivity contribution >= 4 is 32.3 Å². The van der Waals surface area contributed by atoms with Gasteiger partial charge in [-0.05, 0) is 86.5 Å². The number of rotatable bonds is 3. The maximum absolute atomic E-state index is 7.09. The molecule has 0 bridgehead atoms. The normalized spacial score (nSPS) is 13.0. The van der Waals surface area contributed by atoms with E-state index in [0.29, 0.717) is 0 Å². The van der Waals surface area contributed by atoms with Crippen molar-refractivity contribution in [3.63, 3.8) is 0 Å². The second-order valence-corrected chi connectivity index (χ2v) is 15.0. The van der Waals surface area contributed by atoms with Gasteiger partial charge in [0.1, 0.15) is 18.5 Å². The molecule has 0 fully saturated rings. The van der Waals surface area contributed by atoms with E-state index < -0.39 is 0 Å². The smallest absolute Gasteiger partial charge is 0.228 e. The Morgan fingerprint density at radius 2 is 1.42 bits per heavy atom. The number of aryl methyl sites for hydroxylation is 2. The van der Waals surface area contributed by atoms with Crippen LogP contribution in [0.25, 0.3) is 54.7 Å². The van der Waals surface area contributed by atoms with Crippen molar-refractivity contribution in [1.82, 2.24) is 0 Å². The number of benzene rings is 5. The van der Waals surface area contributed by atoms with E-state index in [0.717, 1.165) is 24.3 Å². The molecule has 43 heavy (non-hydrogen) atoms. The zero-order valence-electron chi connectivity index (χ0n) is 26.9. The van der Waals surface area contributed by atoms with Crippen LogP contribution in [0.15, 0.2) is 85.1 Å². The third kappa shape index (κ3) is 4.78. The van der Waals surface area contributed by atoms with Crippen molar-refractivity contribution in [2.24, 2.45) is 17.9 Å². The summed E-state index contributed by atoms with van der Waals surface area (Å²) < 4.78 is 9.40. The van der Waals surface area contributed by atoms with E-state index in [1.807, 2.05) is 0 Å². The van der Waals surface area contributed by atoms with Crippen LogP contribution in [-0.2, 0) is 19.9 Å². The molecule has 0 radical (unpaired) electrons. The highest BCUT2D eigenvalue weighted by atomic mass is 16.5. The third-order valence-corrected chi connectivity index (χ3v) is 8.89. The average Bonchev–Trinajstić information content (AvgIpc) is 2.95. The van der Waals surface area contributed by atoms with Gasteiger partial charge in [0.2, 0.25) is 5.69 Å². The fourth-order valence-electron chi connectivity index (χ4n) is 7.12. The summed E-state index contributed by atoms with van der Waals surface area (Å²) in [6, 6.07) is 29.1. The lowest BCUT2D eigenvalue weighted by Crippen LogP contribution is -2.32. The molecule has 1 aromatic heterocycles. The van der Waals surface area contributed by atoms with Crippen molar-refractivity contribution in [2.45, 2.75) is 61.3 Å². The van der Waals surface area contributed by atoms with Gasteiger partial charge in [-0.15, -0.1) is 0 Å². The Morgan fingerprint density at radius 1 is 0.674 bits per heavy atom. The van der Waals surface area contributed by atoms with Crippen LogP contribution in [0.3, 0.4) is 0 Å². The topological polar surface area (TPSA) is 13.1 Å². The number of hydrogen-bond acceptors (Lipinski definition) is 1. The average molecular weight is 565 g/mol. The van der Waals surface area contributed by atoms with E-state index in [4.69, 9.17) is 4.74 Å². The molecule has 0 saturated heterocycles. The van der Waals surface area contributed by atoms with Crippen LogP contribution in [0, 0.1) is 17.8 Å². The van der Waals surface area contributed by atoms with Crippen molar-refractivity contribution in [3.05, 3.63) is 102 Å². The molecule has 0 spiro atoms. The van der Waals surface area contributed by atoms with Crippen LogP contribution in [0.2, 0.25) is 0 Å². The summed E-state index contributed by atoms with van der Waals surface area (Å²) >= 11 is 0. The first-order chi connectivity index (χ1) is 20.4. The van der Waals surface area contributed by atoms with Crippen LogP contribution in [0.4, 0.5) is 0 Å².